The Bertz CT molecular complexity index is 1840. The highest BCUT2D eigenvalue weighted by Crippen LogP contribution is 2.79. The first-order chi connectivity index (χ1) is 23.5. The summed E-state index contributed by atoms with van der Waals surface area (Å²) >= 11 is 0. The average molecular weight is 679 g/mol. The van der Waals surface area contributed by atoms with Crippen molar-refractivity contribution in [2.45, 2.75) is 103 Å². The van der Waals surface area contributed by atoms with Gasteiger partial charge in [0.25, 0.3) is 0 Å². The van der Waals surface area contributed by atoms with E-state index in [4.69, 9.17) is 0 Å². The lowest BCUT2D eigenvalue weighted by atomic mass is 9.35. The summed E-state index contributed by atoms with van der Waals surface area (Å²) in [6.45, 7) is 9.65. The topological polar surface area (TPSA) is 132 Å². The molecule has 0 heterocycles. The standard InChI is InChI=1S/C43H50O7/c1-26(22-29(44)23-27(2)37(47)48)31-24-41(49)20-21-42(50)30(15-14-28-12-8-6-9-13-28)35-38(3)17-10-7-11-18-43(41)36(42)34(32(45)25-40(31,43)5)39(35,4)19-16-33(38)46/h6,8-9,12-15,20-21,23,26,29-31,35,44,49-50H,11,16-19,22,24-25H2,1-5H3,(H,47,48). The second kappa shape index (κ2) is 11.5. The summed E-state index contributed by atoms with van der Waals surface area (Å²) in [5.41, 5.74) is -4.36. The maximum atomic E-state index is 15.1. The van der Waals surface area contributed by atoms with Gasteiger partial charge in [0.1, 0.15) is 11.4 Å². The Kier molecular flexibility index (Phi) is 8.00. The van der Waals surface area contributed by atoms with Gasteiger partial charge in [-0.3, -0.25) is 9.59 Å². The number of carbonyl (C=O) groups excluding carboxylic acids is 2. The predicted molar refractivity (Wildman–Crippen MR) is 190 cm³/mol. The number of carboxylic acids is 1. The fourth-order valence-corrected chi connectivity index (χ4v) is 12.4. The molecule has 1 spiro atoms. The minimum atomic E-state index is -1.66. The van der Waals surface area contributed by atoms with Crippen LogP contribution in [0.1, 0.15) is 91.5 Å². The molecule has 2 fully saturated rings. The molecular formula is C43H50O7. The van der Waals surface area contributed by atoms with Crippen molar-refractivity contribution in [3.8, 4) is 11.8 Å². The van der Waals surface area contributed by atoms with Crippen LogP contribution in [0.2, 0.25) is 0 Å². The fraction of sp³-hybridized carbons (Fsp3) is 0.558. The summed E-state index contributed by atoms with van der Waals surface area (Å²) in [4.78, 5) is 40.7. The maximum absolute atomic E-state index is 15.1. The third-order valence-electron chi connectivity index (χ3n) is 14.5. The normalized spacial score (nSPS) is 43.0. The lowest BCUT2D eigenvalue weighted by molar-refractivity contribution is -0.166. The molecule has 1 aromatic rings. The van der Waals surface area contributed by atoms with E-state index in [2.05, 4.69) is 25.7 Å². The molecule has 4 N–H and O–H groups in total. The molecule has 11 unspecified atom stereocenters. The molecule has 7 rings (SSSR count). The minimum absolute atomic E-state index is 0.0367. The minimum Gasteiger partial charge on any atom is -0.478 e. The quantitative estimate of drug-likeness (QED) is 0.153. The van der Waals surface area contributed by atoms with E-state index in [-0.39, 0.29) is 41.8 Å². The summed E-state index contributed by atoms with van der Waals surface area (Å²) in [6, 6.07) is 9.88. The Labute approximate surface area is 295 Å². The van der Waals surface area contributed by atoms with Crippen molar-refractivity contribution in [1.82, 2.24) is 0 Å². The average Bonchev–Trinajstić information content (AvgIpc) is 3.24. The molecule has 264 valence electrons. The lowest BCUT2D eigenvalue weighted by Crippen LogP contribution is -2.70. The second-order valence-electron chi connectivity index (χ2n) is 17.1. The molecular weight excluding hydrogens is 628 g/mol. The smallest absolute Gasteiger partial charge is 0.331 e. The first-order valence-corrected chi connectivity index (χ1v) is 18.2. The molecule has 0 amide bonds. The molecule has 6 aliphatic carbocycles. The number of hydrogen-bond acceptors (Lipinski definition) is 6. The predicted octanol–water partition coefficient (Wildman–Crippen LogP) is 6.24. The monoisotopic (exact) mass is 678 g/mol. The van der Waals surface area contributed by atoms with E-state index in [9.17, 15) is 30.0 Å². The third kappa shape index (κ3) is 4.50. The molecule has 0 radical (unpaired) electrons. The van der Waals surface area contributed by atoms with Gasteiger partial charge in [-0.1, -0.05) is 76.3 Å². The number of Topliss-reactive ketones (excluding diaryl/α,β-unsaturated/α-hetero) is 2. The molecule has 1 aromatic carbocycles. The highest BCUT2D eigenvalue weighted by Gasteiger charge is 2.79. The molecule has 50 heavy (non-hydrogen) atoms. The third-order valence-corrected chi connectivity index (χ3v) is 14.5. The van der Waals surface area contributed by atoms with Crippen LogP contribution < -0.4 is 0 Å². The van der Waals surface area contributed by atoms with Crippen molar-refractivity contribution in [3.05, 3.63) is 76.9 Å². The van der Waals surface area contributed by atoms with E-state index in [1.54, 1.807) is 12.2 Å². The molecule has 7 nitrogen and oxygen atoms in total. The van der Waals surface area contributed by atoms with Crippen LogP contribution in [0.3, 0.4) is 0 Å². The van der Waals surface area contributed by atoms with Gasteiger partial charge in [-0.15, -0.1) is 11.8 Å². The number of carboxylic acid groups (broad SMARTS) is 1. The zero-order valence-corrected chi connectivity index (χ0v) is 29.8. The Morgan fingerprint density at radius 3 is 2.46 bits per heavy atom. The number of hydrogen-bond donors (Lipinski definition) is 4. The fourth-order valence-electron chi connectivity index (χ4n) is 12.4. The van der Waals surface area contributed by atoms with Crippen molar-refractivity contribution >= 4 is 23.6 Å². The van der Waals surface area contributed by atoms with Crippen molar-refractivity contribution in [2.75, 3.05) is 0 Å². The zero-order chi connectivity index (χ0) is 36.1. The highest BCUT2D eigenvalue weighted by molar-refractivity contribution is 6.02. The number of carbonyl (C=O) groups is 3. The number of aliphatic hydroxyl groups excluding tert-OH is 1. The van der Waals surface area contributed by atoms with Crippen LogP contribution in [0.4, 0.5) is 0 Å². The van der Waals surface area contributed by atoms with E-state index in [1.165, 1.54) is 13.0 Å². The highest BCUT2D eigenvalue weighted by atomic mass is 16.4. The Morgan fingerprint density at radius 2 is 1.76 bits per heavy atom. The van der Waals surface area contributed by atoms with Gasteiger partial charge in [0.15, 0.2) is 5.78 Å². The van der Waals surface area contributed by atoms with E-state index in [1.807, 2.05) is 56.3 Å². The first kappa shape index (κ1) is 34.9. The van der Waals surface area contributed by atoms with Gasteiger partial charge in [0.05, 0.1) is 11.7 Å². The van der Waals surface area contributed by atoms with Gasteiger partial charge in [-0.25, -0.2) is 4.79 Å². The van der Waals surface area contributed by atoms with Gasteiger partial charge in [0, 0.05) is 59.0 Å². The van der Waals surface area contributed by atoms with Crippen LogP contribution in [-0.2, 0) is 14.4 Å². The molecule has 0 saturated heterocycles. The van der Waals surface area contributed by atoms with Crippen molar-refractivity contribution in [2.24, 2.45) is 45.3 Å². The summed E-state index contributed by atoms with van der Waals surface area (Å²) in [7, 11) is 0. The number of aliphatic carboxylic acids is 1. The lowest BCUT2D eigenvalue weighted by Gasteiger charge is -2.68. The number of fused-ring (bicyclic) bond motifs is 1. The van der Waals surface area contributed by atoms with Crippen LogP contribution in [0.25, 0.3) is 6.08 Å². The molecule has 0 aromatic heterocycles. The number of allylic oxidation sites excluding steroid dienone is 1. The summed E-state index contributed by atoms with van der Waals surface area (Å²) in [5, 5.41) is 47.1. The van der Waals surface area contributed by atoms with Crippen LogP contribution in [0, 0.1) is 57.2 Å². The summed E-state index contributed by atoms with van der Waals surface area (Å²) in [5.74, 6) is 4.27. The number of aliphatic hydroxyl groups is 3. The summed E-state index contributed by atoms with van der Waals surface area (Å²) in [6.07, 6.45) is 10.6. The molecule has 0 aliphatic heterocycles. The first-order valence-electron chi connectivity index (χ1n) is 18.2. The Hall–Kier alpha value is -3.57. The molecule has 4 bridgehead atoms. The van der Waals surface area contributed by atoms with Gasteiger partial charge < -0.3 is 20.4 Å². The van der Waals surface area contributed by atoms with Gasteiger partial charge in [0.2, 0.25) is 0 Å². The zero-order valence-electron chi connectivity index (χ0n) is 29.8. The molecule has 6 aliphatic rings. The van der Waals surface area contributed by atoms with Crippen molar-refractivity contribution < 1.29 is 34.8 Å². The van der Waals surface area contributed by atoms with E-state index in [0.29, 0.717) is 49.7 Å². The molecule has 7 heteroatoms. The van der Waals surface area contributed by atoms with Crippen LogP contribution in [-0.4, -0.2) is 55.3 Å². The van der Waals surface area contributed by atoms with Crippen molar-refractivity contribution in [3.63, 3.8) is 0 Å². The van der Waals surface area contributed by atoms with E-state index in [0.717, 1.165) is 5.56 Å². The second-order valence-corrected chi connectivity index (χ2v) is 17.1. The summed E-state index contributed by atoms with van der Waals surface area (Å²) < 4.78 is 0. The van der Waals surface area contributed by atoms with Crippen LogP contribution in [0.15, 0.2) is 71.4 Å². The molecule has 11 atom stereocenters. The van der Waals surface area contributed by atoms with E-state index < -0.39 is 56.8 Å². The Morgan fingerprint density at radius 1 is 1.04 bits per heavy atom. The van der Waals surface area contributed by atoms with Crippen LogP contribution >= 0.6 is 0 Å². The van der Waals surface area contributed by atoms with Crippen LogP contribution in [0.5, 0.6) is 0 Å². The Balaban J connectivity index is 1.48. The number of rotatable bonds is 7. The van der Waals surface area contributed by atoms with Gasteiger partial charge in [-0.2, -0.15) is 0 Å². The van der Waals surface area contributed by atoms with Crippen molar-refractivity contribution in [1.29, 1.82) is 0 Å². The SMILES string of the molecule is CC(=CC(O)CC(C)C1CC2(O)C=CC3(O)C4=C5C(=O)CC1(C)C42CCC#CCC1(C)C(=O)CCC5(C)C1C3C=Cc1ccccc1)C(=O)O. The van der Waals surface area contributed by atoms with Gasteiger partial charge >= 0.3 is 5.97 Å². The largest absolute Gasteiger partial charge is 0.478 e. The molecule has 2 saturated carbocycles. The van der Waals surface area contributed by atoms with E-state index >= 15 is 4.79 Å². The van der Waals surface area contributed by atoms with Gasteiger partial charge in [-0.05, 0) is 79.1 Å². The number of ketones is 2. The number of benzene rings is 1. The maximum Gasteiger partial charge on any atom is 0.331 e.